The number of allylic oxidation sites excluding steroid dienone is 7. The quantitative estimate of drug-likeness (QED) is 0.0205. The molecule has 14 nitrogen and oxygen atoms in total. The number of aliphatic hydroxyl groups excluding tert-OH is 8. The first-order valence-corrected chi connectivity index (χ1v) is 29.4. The zero-order valence-electron chi connectivity index (χ0n) is 45.6. The summed E-state index contributed by atoms with van der Waals surface area (Å²) in [6.07, 6.45) is 38.6. The van der Waals surface area contributed by atoms with Gasteiger partial charge < -0.3 is 65.1 Å². The van der Waals surface area contributed by atoms with Crippen LogP contribution in [0.3, 0.4) is 0 Å². The Morgan fingerprint density at radius 1 is 0.479 bits per heavy atom. The molecule has 0 aromatic carbocycles. The summed E-state index contributed by atoms with van der Waals surface area (Å²) in [4.78, 5) is 13.2. The van der Waals surface area contributed by atoms with Crippen LogP contribution in [0.2, 0.25) is 0 Å². The summed E-state index contributed by atoms with van der Waals surface area (Å²) in [6.45, 7) is 2.77. The highest BCUT2D eigenvalue weighted by molar-refractivity contribution is 5.76. The van der Waals surface area contributed by atoms with E-state index in [9.17, 15) is 45.6 Å². The molecule has 73 heavy (non-hydrogen) atoms. The van der Waals surface area contributed by atoms with Gasteiger partial charge in [-0.2, -0.15) is 0 Å². The average molecular weight is 1040 g/mol. The van der Waals surface area contributed by atoms with Crippen molar-refractivity contribution in [2.45, 2.75) is 299 Å². The summed E-state index contributed by atoms with van der Waals surface area (Å²) in [5, 5.41) is 87.0. The molecule has 2 aliphatic rings. The summed E-state index contributed by atoms with van der Waals surface area (Å²) >= 11 is 0. The molecule has 2 saturated heterocycles. The fourth-order valence-corrected chi connectivity index (χ4v) is 9.44. The number of hydrogen-bond acceptors (Lipinski definition) is 13. The molecule has 0 radical (unpaired) electrons. The van der Waals surface area contributed by atoms with E-state index >= 15 is 0 Å². The Labute approximate surface area is 442 Å². The number of rotatable bonds is 46. The Bertz CT molecular complexity index is 1410. The van der Waals surface area contributed by atoms with Gasteiger partial charge in [0.2, 0.25) is 5.91 Å². The summed E-state index contributed by atoms with van der Waals surface area (Å²) in [6, 6.07) is -0.940. The predicted octanol–water partition coefficient (Wildman–Crippen LogP) is 9.61. The summed E-state index contributed by atoms with van der Waals surface area (Å²) in [5.74, 6) is -0.258. The van der Waals surface area contributed by atoms with Gasteiger partial charge in [-0.05, 0) is 70.6 Å². The van der Waals surface area contributed by atoms with Gasteiger partial charge in [-0.15, -0.1) is 0 Å². The van der Waals surface area contributed by atoms with E-state index in [4.69, 9.17) is 18.9 Å². The van der Waals surface area contributed by atoms with Crippen LogP contribution in [0.15, 0.2) is 48.6 Å². The minimum atomic E-state index is -1.79. The van der Waals surface area contributed by atoms with Crippen molar-refractivity contribution in [3.63, 3.8) is 0 Å². The van der Waals surface area contributed by atoms with Gasteiger partial charge in [0.1, 0.15) is 48.8 Å². The standard InChI is InChI=1S/C59H107NO13/c1-3-5-7-9-11-13-15-17-19-21-23-24-25-26-28-30-32-34-36-38-40-42-48(63)47(60-51(64)43-41-39-37-35-33-31-29-27-22-20-18-16-14-12-10-8-6-4-2)46-70-58-56(69)54(67)57(50(45-62)72-58)73-59-55(68)53(66)52(65)49(44-61)71-59/h20,22,25-26,32,34,40,42,47-50,52-59,61-63,65-69H,3-19,21,23-24,27-31,33,35-39,41,43-46H2,1-2H3,(H,60,64)/b22-20-,26-25+,34-32+,42-40+. The lowest BCUT2D eigenvalue weighted by atomic mass is 9.97. The third-order valence-corrected chi connectivity index (χ3v) is 14.2. The fraction of sp³-hybridized carbons (Fsp3) is 0.847. The van der Waals surface area contributed by atoms with Crippen LogP contribution in [0.5, 0.6) is 0 Å². The molecule has 14 heteroatoms. The highest BCUT2D eigenvalue weighted by atomic mass is 16.7. The first kappa shape index (κ1) is 67.1. The number of hydrogen-bond donors (Lipinski definition) is 9. The van der Waals surface area contributed by atoms with Gasteiger partial charge in [-0.25, -0.2) is 0 Å². The predicted molar refractivity (Wildman–Crippen MR) is 291 cm³/mol. The molecule has 9 N–H and O–H groups in total. The Kier molecular flexibility index (Phi) is 41.4. The van der Waals surface area contributed by atoms with Crippen LogP contribution in [0, 0.1) is 0 Å². The summed E-state index contributed by atoms with van der Waals surface area (Å²) in [7, 11) is 0. The van der Waals surface area contributed by atoms with Crippen molar-refractivity contribution in [2.75, 3.05) is 19.8 Å². The first-order valence-electron chi connectivity index (χ1n) is 29.4. The monoisotopic (exact) mass is 1040 g/mol. The second kappa shape index (κ2) is 45.0. The molecule has 0 aliphatic carbocycles. The van der Waals surface area contributed by atoms with E-state index in [1.807, 2.05) is 6.08 Å². The first-order chi connectivity index (χ1) is 35.6. The number of ether oxygens (including phenoxy) is 4. The molecular formula is C59H107NO13. The van der Waals surface area contributed by atoms with Gasteiger partial charge in [0, 0.05) is 6.42 Å². The van der Waals surface area contributed by atoms with Crippen LogP contribution < -0.4 is 5.32 Å². The van der Waals surface area contributed by atoms with Crippen LogP contribution in [-0.4, -0.2) is 140 Å². The average Bonchev–Trinajstić information content (AvgIpc) is 3.39. The maximum absolute atomic E-state index is 13.2. The van der Waals surface area contributed by atoms with Crippen molar-refractivity contribution in [3.05, 3.63) is 48.6 Å². The summed E-state index contributed by atoms with van der Waals surface area (Å²) in [5.41, 5.74) is 0. The van der Waals surface area contributed by atoms with E-state index in [2.05, 4.69) is 55.6 Å². The molecule has 2 fully saturated rings. The number of nitrogens with one attached hydrogen (secondary N) is 1. The number of unbranched alkanes of at least 4 members (excludes halogenated alkanes) is 27. The van der Waals surface area contributed by atoms with Crippen molar-refractivity contribution in [1.82, 2.24) is 5.32 Å². The Morgan fingerprint density at radius 2 is 0.877 bits per heavy atom. The Morgan fingerprint density at radius 3 is 1.34 bits per heavy atom. The van der Waals surface area contributed by atoms with Crippen LogP contribution in [0.1, 0.15) is 226 Å². The third-order valence-electron chi connectivity index (χ3n) is 14.2. The van der Waals surface area contributed by atoms with Gasteiger partial charge in [-0.3, -0.25) is 4.79 Å². The van der Waals surface area contributed by atoms with Gasteiger partial charge in [-0.1, -0.05) is 197 Å². The molecule has 426 valence electrons. The summed E-state index contributed by atoms with van der Waals surface area (Å²) < 4.78 is 22.7. The number of carbonyl (C=O) groups excluding carboxylic acids is 1. The van der Waals surface area contributed by atoms with E-state index in [1.165, 1.54) is 141 Å². The zero-order chi connectivity index (χ0) is 53.2. The van der Waals surface area contributed by atoms with Gasteiger partial charge in [0.25, 0.3) is 0 Å². The maximum atomic E-state index is 13.2. The normalized spacial score (nSPS) is 25.7. The van der Waals surface area contributed by atoms with Gasteiger partial charge >= 0.3 is 0 Å². The fourth-order valence-electron chi connectivity index (χ4n) is 9.44. The molecule has 1 amide bonds. The van der Waals surface area contributed by atoms with Crippen molar-refractivity contribution in [1.29, 1.82) is 0 Å². The van der Waals surface area contributed by atoms with E-state index in [1.54, 1.807) is 6.08 Å². The lowest BCUT2D eigenvalue weighted by molar-refractivity contribution is -0.359. The third kappa shape index (κ3) is 31.1. The zero-order valence-corrected chi connectivity index (χ0v) is 45.6. The van der Waals surface area contributed by atoms with Crippen LogP contribution in [-0.2, 0) is 23.7 Å². The van der Waals surface area contributed by atoms with Crippen molar-refractivity contribution in [2.24, 2.45) is 0 Å². The minimum Gasteiger partial charge on any atom is -0.394 e. The molecule has 0 saturated carbocycles. The Balaban J connectivity index is 1.81. The Hall–Kier alpha value is -2.05. The molecule has 12 atom stereocenters. The van der Waals surface area contributed by atoms with E-state index in [0.717, 1.165) is 51.4 Å². The number of carbonyl (C=O) groups is 1. The number of aliphatic hydroxyl groups is 8. The van der Waals surface area contributed by atoms with Crippen LogP contribution in [0.4, 0.5) is 0 Å². The molecule has 2 rings (SSSR count). The van der Waals surface area contributed by atoms with Crippen molar-refractivity contribution < 1.29 is 64.6 Å². The molecule has 12 unspecified atom stereocenters. The lowest BCUT2D eigenvalue weighted by Gasteiger charge is -2.46. The van der Waals surface area contributed by atoms with Gasteiger partial charge in [0.15, 0.2) is 12.6 Å². The van der Waals surface area contributed by atoms with E-state index < -0.39 is 86.8 Å². The highest BCUT2D eigenvalue weighted by Gasteiger charge is 2.51. The highest BCUT2D eigenvalue weighted by Crippen LogP contribution is 2.30. The minimum absolute atomic E-state index is 0.258. The molecule has 0 aromatic heterocycles. The van der Waals surface area contributed by atoms with E-state index in [0.29, 0.717) is 12.8 Å². The number of amides is 1. The smallest absolute Gasteiger partial charge is 0.220 e. The molecular weight excluding hydrogens is 931 g/mol. The van der Waals surface area contributed by atoms with Crippen LogP contribution >= 0.6 is 0 Å². The molecule has 2 aliphatic heterocycles. The lowest BCUT2D eigenvalue weighted by Crippen LogP contribution is -2.65. The van der Waals surface area contributed by atoms with Crippen molar-refractivity contribution in [3.8, 4) is 0 Å². The molecule has 2 heterocycles. The topological polar surface area (TPSA) is 228 Å². The second-order valence-electron chi connectivity index (χ2n) is 20.7. The molecule has 0 spiro atoms. The van der Waals surface area contributed by atoms with E-state index in [-0.39, 0.29) is 18.9 Å². The van der Waals surface area contributed by atoms with Crippen molar-refractivity contribution >= 4 is 5.91 Å². The second-order valence-corrected chi connectivity index (χ2v) is 20.7. The largest absolute Gasteiger partial charge is 0.394 e. The van der Waals surface area contributed by atoms with Gasteiger partial charge in [0.05, 0.1) is 32.0 Å². The molecule has 0 aromatic rings. The maximum Gasteiger partial charge on any atom is 0.220 e. The van der Waals surface area contributed by atoms with Crippen LogP contribution in [0.25, 0.3) is 0 Å². The molecule has 0 bridgehead atoms. The SMILES string of the molecule is CCCCCCCCC/C=C\CCCCCCCCCC(=O)NC(COC1OC(CO)C(OC2OC(CO)C(O)C(O)C2O)C(O)C1O)C(O)/C=C/CC/C=C/CC/C=C/CCCCCCCCCCCCC.